The van der Waals surface area contributed by atoms with Crippen LogP contribution in [-0.4, -0.2) is 23.7 Å². The molecule has 1 fully saturated rings. The third-order valence-corrected chi connectivity index (χ3v) is 1.76. The maximum atomic E-state index is 12.0. The van der Waals surface area contributed by atoms with Gasteiger partial charge < -0.3 is 0 Å². The van der Waals surface area contributed by atoms with Crippen LogP contribution in [0.1, 0.15) is 12.8 Å². The number of halogens is 3. The van der Waals surface area contributed by atoms with Crippen molar-refractivity contribution in [1.82, 2.24) is 4.90 Å². The van der Waals surface area contributed by atoms with Gasteiger partial charge in [0.2, 0.25) is 0 Å². The second-order valence-corrected chi connectivity index (χ2v) is 2.49. The standard InChI is InChI=1S/C6H7F3N2/c7-6(8,9)5-2-1-3-11(5)4-10/h5H,1-3H2. The quantitative estimate of drug-likeness (QED) is 0.507. The van der Waals surface area contributed by atoms with Crippen LogP contribution < -0.4 is 0 Å². The molecule has 11 heavy (non-hydrogen) atoms. The summed E-state index contributed by atoms with van der Waals surface area (Å²) in [5.41, 5.74) is 0. The fourth-order valence-corrected chi connectivity index (χ4v) is 1.23. The highest BCUT2D eigenvalue weighted by Gasteiger charge is 2.45. The zero-order valence-electron chi connectivity index (χ0n) is 5.73. The molecule has 1 aliphatic heterocycles. The van der Waals surface area contributed by atoms with Crippen molar-refractivity contribution in [1.29, 1.82) is 5.26 Å². The van der Waals surface area contributed by atoms with Gasteiger partial charge >= 0.3 is 6.18 Å². The van der Waals surface area contributed by atoms with Gasteiger partial charge in [-0.15, -0.1) is 0 Å². The summed E-state index contributed by atoms with van der Waals surface area (Å²) in [6.07, 6.45) is -2.20. The molecule has 0 aromatic heterocycles. The number of hydrogen-bond acceptors (Lipinski definition) is 2. The molecular formula is C6H7F3N2. The highest BCUT2D eigenvalue weighted by Crippen LogP contribution is 2.31. The van der Waals surface area contributed by atoms with E-state index in [9.17, 15) is 13.2 Å². The number of likely N-dealkylation sites (tertiary alicyclic amines) is 1. The first-order valence-corrected chi connectivity index (χ1v) is 3.29. The summed E-state index contributed by atoms with van der Waals surface area (Å²) in [6.45, 7) is 0.237. The lowest BCUT2D eigenvalue weighted by Crippen LogP contribution is -2.38. The zero-order valence-corrected chi connectivity index (χ0v) is 5.73. The van der Waals surface area contributed by atoms with Crippen molar-refractivity contribution >= 4 is 0 Å². The van der Waals surface area contributed by atoms with Crippen molar-refractivity contribution < 1.29 is 13.2 Å². The summed E-state index contributed by atoms with van der Waals surface area (Å²) in [5, 5.41) is 8.28. The third-order valence-electron chi connectivity index (χ3n) is 1.76. The van der Waals surface area contributed by atoms with Crippen molar-refractivity contribution in [2.75, 3.05) is 6.54 Å². The molecule has 1 heterocycles. The van der Waals surface area contributed by atoms with Crippen LogP contribution in [0.15, 0.2) is 0 Å². The molecule has 0 bridgehead atoms. The van der Waals surface area contributed by atoms with Crippen molar-refractivity contribution in [2.45, 2.75) is 25.1 Å². The van der Waals surface area contributed by atoms with Crippen molar-refractivity contribution in [3.05, 3.63) is 0 Å². The van der Waals surface area contributed by atoms with E-state index in [2.05, 4.69) is 0 Å². The highest BCUT2D eigenvalue weighted by atomic mass is 19.4. The summed E-state index contributed by atoms with van der Waals surface area (Å²) < 4.78 is 36.0. The van der Waals surface area contributed by atoms with Gasteiger partial charge in [-0.05, 0) is 12.8 Å². The Hall–Kier alpha value is -0.920. The first kappa shape index (κ1) is 8.18. The van der Waals surface area contributed by atoms with E-state index in [1.807, 2.05) is 0 Å². The van der Waals surface area contributed by atoms with E-state index in [4.69, 9.17) is 5.26 Å². The Kier molecular flexibility index (Phi) is 1.94. The van der Waals surface area contributed by atoms with Crippen LogP contribution in [0.2, 0.25) is 0 Å². The Balaban J connectivity index is 2.66. The molecule has 0 aromatic carbocycles. The first-order valence-electron chi connectivity index (χ1n) is 3.29. The predicted molar refractivity (Wildman–Crippen MR) is 31.4 cm³/mol. The minimum Gasteiger partial charge on any atom is -0.298 e. The van der Waals surface area contributed by atoms with E-state index in [1.54, 1.807) is 0 Å². The van der Waals surface area contributed by atoms with Crippen LogP contribution in [0.5, 0.6) is 0 Å². The van der Waals surface area contributed by atoms with Crippen molar-refractivity contribution in [3.8, 4) is 6.19 Å². The van der Waals surface area contributed by atoms with Crippen molar-refractivity contribution in [2.24, 2.45) is 0 Å². The Morgan fingerprint density at radius 2 is 2.09 bits per heavy atom. The molecule has 0 amide bonds. The lowest BCUT2D eigenvalue weighted by atomic mass is 10.2. The average molecular weight is 164 g/mol. The minimum atomic E-state index is -4.24. The van der Waals surface area contributed by atoms with E-state index in [0.717, 1.165) is 4.90 Å². The molecule has 1 atom stereocenters. The number of nitrogens with zero attached hydrogens (tertiary/aromatic N) is 2. The molecule has 2 nitrogen and oxygen atoms in total. The first-order chi connectivity index (χ1) is 5.05. The lowest BCUT2D eigenvalue weighted by Gasteiger charge is -2.20. The Bertz CT molecular complexity index is 181. The van der Waals surface area contributed by atoms with Gasteiger partial charge in [-0.1, -0.05) is 0 Å². The average Bonchev–Trinajstić information content (AvgIpc) is 2.31. The Morgan fingerprint density at radius 3 is 2.45 bits per heavy atom. The predicted octanol–water partition coefficient (Wildman–Crippen LogP) is 1.49. The van der Waals surface area contributed by atoms with E-state index in [0.29, 0.717) is 6.42 Å². The van der Waals surface area contributed by atoms with Crippen LogP contribution in [0.3, 0.4) is 0 Å². The second-order valence-electron chi connectivity index (χ2n) is 2.49. The number of nitriles is 1. The maximum Gasteiger partial charge on any atom is 0.409 e. The molecule has 1 rings (SSSR count). The Morgan fingerprint density at radius 1 is 1.45 bits per heavy atom. The minimum absolute atomic E-state index is 0.0526. The van der Waals surface area contributed by atoms with Gasteiger partial charge in [0, 0.05) is 6.54 Å². The molecule has 0 spiro atoms. The molecular weight excluding hydrogens is 157 g/mol. The summed E-state index contributed by atoms with van der Waals surface area (Å²) in [6, 6.07) is -1.53. The smallest absolute Gasteiger partial charge is 0.298 e. The molecule has 1 saturated heterocycles. The molecule has 0 aliphatic carbocycles. The monoisotopic (exact) mass is 164 g/mol. The Labute approximate surface area is 62.2 Å². The van der Waals surface area contributed by atoms with E-state index >= 15 is 0 Å². The van der Waals surface area contributed by atoms with Gasteiger partial charge in [-0.25, -0.2) is 0 Å². The molecule has 62 valence electrons. The number of rotatable bonds is 0. The van der Waals surface area contributed by atoms with Gasteiger partial charge in [-0.3, -0.25) is 4.90 Å². The van der Waals surface area contributed by atoms with Gasteiger partial charge in [0.05, 0.1) is 0 Å². The SMILES string of the molecule is N#CN1CCCC1C(F)(F)F. The summed E-state index contributed by atoms with van der Waals surface area (Å²) in [4.78, 5) is 0.792. The molecule has 1 aliphatic rings. The van der Waals surface area contributed by atoms with Crippen LogP contribution in [0, 0.1) is 11.5 Å². The van der Waals surface area contributed by atoms with Crippen molar-refractivity contribution in [3.63, 3.8) is 0 Å². The summed E-state index contributed by atoms with van der Waals surface area (Å²) in [5.74, 6) is 0. The van der Waals surface area contributed by atoms with Gasteiger partial charge in [0.25, 0.3) is 0 Å². The van der Waals surface area contributed by atoms with Gasteiger partial charge in [-0.2, -0.15) is 18.4 Å². The highest BCUT2D eigenvalue weighted by molar-refractivity contribution is 4.91. The molecule has 0 saturated carbocycles. The molecule has 5 heteroatoms. The van der Waals surface area contributed by atoms with Gasteiger partial charge in [0.1, 0.15) is 6.04 Å². The van der Waals surface area contributed by atoms with Crippen LogP contribution in [0.25, 0.3) is 0 Å². The fraction of sp³-hybridized carbons (Fsp3) is 0.833. The van der Waals surface area contributed by atoms with E-state index in [1.165, 1.54) is 6.19 Å². The third kappa shape index (κ3) is 1.56. The molecule has 0 aromatic rings. The van der Waals surface area contributed by atoms with E-state index < -0.39 is 12.2 Å². The topological polar surface area (TPSA) is 27.0 Å². The summed E-state index contributed by atoms with van der Waals surface area (Å²) in [7, 11) is 0. The summed E-state index contributed by atoms with van der Waals surface area (Å²) >= 11 is 0. The lowest BCUT2D eigenvalue weighted by molar-refractivity contribution is -0.168. The van der Waals surface area contributed by atoms with Crippen LogP contribution >= 0.6 is 0 Å². The normalized spacial score (nSPS) is 25.3. The molecule has 0 radical (unpaired) electrons. The zero-order chi connectivity index (χ0) is 8.48. The van der Waals surface area contributed by atoms with Gasteiger partial charge in [0.15, 0.2) is 6.19 Å². The number of hydrogen-bond donors (Lipinski definition) is 0. The molecule has 1 unspecified atom stereocenters. The van der Waals surface area contributed by atoms with E-state index in [-0.39, 0.29) is 13.0 Å². The van der Waals surface area contributed by atoms with Crippen LogP contribution in [0.4, 0.5) is 13.2 Å². The largest absolute Gasteiger partial charge is 0.409 e. The number of alkyl halides is 3. The molecule has 0 N–H and O–H groups in total. The fourth-order valence-electron chi connectivity index (χ4n) is 1.23. The van der Waals surface area contributed by atoms with Crippen LogP contribution in [-0.2, 0) is 0 Å². The second kappa shape index (κ2) is 2.61. The maximum absolute atomic E-state index is 12.0.